The molecule has 5 heteroatoms. The van der Waals surface area contributed by atoms with Crippen molar-refractivity contribution in [2.45, 2.75) is 25.9 Å². The van der Waals surface area contributed by atoms with E-state index in [1.54, 1.807) is 6.07 Å². The van der Waals surface area contributed by atoms with Crippen molar-refractivity contribution >= 4 is 5.91 Å². The second-order valence-electron chi connectivity index (χ2n) is 4.46. The predicted octanol–water partition coefficient (Wildman–Crippen LogP) is 1.24. The Hall–Kier alpha value is -1.62. The standard InChI is InChI=1S/C13H17FN2O2/c1-2-12-13(18)15-5-6-16(12)8-9-3-4-10(17)7-11(9)14/h3-4,7,12,17H,2,5-6,8H2,1H3,(H,15,18). The maximum absolute atomic E-state index is 13.6. The highest BCUT2D eigenvalue weighted by Crippen LogP contribution is 2.19. The molecule has 1 aromatic carbocycles. The molecule has 4 nitrogen and oxygen atoms in total. The van der Waals surface area contributed by atoms with Gasteiger partial charge in [-0.25, -0.2) is 4.39 Å². The van der Waals surface area contributed by atoms with Gasteiger partial charge in [0.25, 0.3) is 0 Å². The molecule has 1 fully saturated rings. The first-order chi connectivity index (χ1) is 8.61. The number of phenolic OH excluding ortho intramolecular Hbond substituents is 1. The van der Waals surface area contributed by atoms with Crippen LogP contribution in [0.3, 0.4) is 0 Å². The number of nitrogens with one attached hydrogen (secondary N) is 1. The number of benzene rings is 1. The zero-order valence-electron chi connectivity index (χ0n) is 10.3. The molecular formula is C13H17FN2O2. The van der Waals surface area contributed by atoms with E-state index in [0.29, 0.717) is 31.6 Å². The van der Waals surface area contributed by atoms with E-state index in [-0.39, 0.29) is 17.7 Å². The Morgan fingerprint density at radius 1 is 1.56 bits per heavy atom. The molecule has 1 atom stereocenters. The number of hydrogen-bond acceptors (Lipinski definition) is 3. The van der Waals surface area contributed by atoms with Gasteiger partial charge in [-0.3, -0.25) is 9.69 Å². The van der Waals surface area contributed by atoms with Gasteiger partial charge >= 0.3 is 0 Å². The van der Waals surface area contributed by atoms with Crippen LogP contribution in [0, 0.1) is 5.82 Å². The molecule has 1 saturated heterocycles. The lowest BCUT2D eigenvalue weighted by atomic mass is 10.1. The number of carbonyl (C=O) groups excluding carboxylic acids is 1. The molecule has 0 saturated carbocycles. The van der Waals surface area contributed by atoms with Crippen LogP contribution < -0.4 is 5.32 Å². The lowest BCUT2D eigenvalue weighted by molar-refractivity contribution is -0.129. The third kappa shape index (κ3) is 2.61. The molecule has 1 amide bonds. The van der Waals surface area contributed by atoms with Crippen LogP contribution in [0.2, 0.25) is 0 Å². The van der Waals surface area contributed by atoms with E-state index in [1.165, 1.54) is 6.07 Å². The molecule has 1 aliphatic heterocycles. The number of rotatable bonds is 3. The van der Waals surface area contributed by atoms with Crippen molar-refractivity contribution in [3.05, 3.63) is 29.6 Å². The van der Waals surface area contributed by atoms with Crippen LogP contribution in [0.25, 0.3) is 0 Å². The number of carbonyl (C=O) groups is 1. The number of halogens is 1. The third-order valence-corrected chi connectivity index (χ3v) is 3.24. The molecular weight excluding hydrogens is 235 g/mol. The van der Waals surface area contributed by atoms with E-state index in [9.17, 15) is 9.18 Å². The lowest BCUT2D eigenvalue weighted by Crippen LogP contribution is -2.54. The van der Waals surface area contributed by atoms with Gasteiger partial charge in [-0.05, 0) is 12.5 Å². The summed E-state index contributed by atoms with van der Waals surface area (Å²) in [6.07, 6.45) is 0.700. The zero-order valence-corrected chi connectivity index (χ0v) is 10.3. The van der Waals surface area contributed by atoms with Gasteiger partial charge in [0.1, 0.15) is 11.6 Å². The Bertz CT molecular complexity index is 451. The maximum Gasteiger partial charge on any atom is 0.237 e. The largest absolute Gasteiger partial charge is 0.508 e. The number of phenols is 1. The summed E-state index contributed by atoms with van der Waals surface area (Å²) in [5.41, 5.74) is 0.501. The number of aromatic hydroxyl groups is 1. The number of amides is 1. The number of piperazine rings is 1. The highest BCUT2D eigenvalue weighted by Gasteiger charge is 2.28. The fourth-order valence-electron chi connectivity index (χ4n) is 2.28. The molecule has 0 aromatic heterocycles. The van der Waals surface area contributed by atoms with Crippen molar-refractivity contribution in [3.8, 4) is 5.75 Å². The highest BCUT2D eigenvalue weighted by molar-refractivity contribution is 5.82. The second kappa shape index (κ2) is 5.35. The van der Waals surface area contributed by atoms with E-state index >= 15 is 0 Å². The van der Waals surface area contributed by atoms with Crippen LogP contribution in [0.5, 0.6) is 5.75 Å². The fraction of sp³-hybridized carbons (Fsp3) is 0.462. The van der Waals surface area contributed by atoms with Crippen LogP contribution >= 0.6 is 0 Å². The maximum atomic E-state index is 13.6. The van der Waals surface area contributed by atoms with Gasteiger partial charge in [0.05, 0.1) is 6.04 Å². The Labute approximate surface area is 105 Å². The Morgan fingerprint density at radius 3 is 3.00 bits per heavy atom. The smallest absolute Gasteiger partial charge is 0.237 e. The Morgan fingerprint density at radius 2 is 2.33 bits per heavy atom. The minimum Gasteiger partial charge on any atom is -0.508 e. The minimum atomic E-state index is -0.434. The van der Waals surface area contributed by atoms with Crippen molar-refractivity contribution in [2.75, 3.05) is 13.1 Å². The molecule has 0 bridgehead atoms. The fourth-order valence-corrected chi connectivity index (χ4v) is 2.28. The van der Waals surface area contributed by atoms with E-state index < -0.39 is 5.82 Å². The van der Waals surface area contributed by atoms with E-state index in [4.69, 9.17) is 5.11 Å². The van der Waals surface area contributed by atoms with Gasteiger partial charge in [0.15, 0.2) is 0 Å². The van der Waals surface area contributed by atoms with Gasteiger partial charge in [-0.1, -0.05) is 13.0 Å². The predicted molar refractivity (Wildman–Crippen MR) is 65.6 cm³/mol. The third-order valence-electron chi connectivity index (χ3n) is 3.24. The molecule has 18 heavy (non-hydrogen) atoms. The van der Waals surface area contributed by atoms with Gasteiger partial charge in [0, 0.05) is 31.3 Å². The monoisotopic (exact) mass is 252 g/mol. The van der Waals surface area contributed by atoms with Gasteiger partial charge in [0.2, 0.25) is 5.91 Å². The lowest BCUT2D eigenvalue weighted by Gasteiger charge is -2.34. The quantitative estimate of drug-likeness (QED) is 0.851. The van der Waals surface area contributed by atoms with Crippen molar-refractivity contribution in [1.82, 2.24) is 10.2 Å². The summed E-state index contributed by atoms with van der Waals surface area (Å²) in [4.78, 5) is 13.6. The average molecular weight is 252 g/mol. The van der Waals surface area contributed by atoms with Gasteiger partial charge in [-0.2, -0.15) is 0 Å². The summed E-state index contributed by atoms with van der Waals surface area (Å²) in [6, 6.07) is 3.92. The van der Waals surface area contributed by atoms with Crippen LogP contribution in [-0.4, -0.2) is 35.0 Å². The molecule has 98 valence electrons. The molecule has 1 unspecified atom stereocenters. The Balaban J connectivity index is 2.14. The van der Waals surface area contributed by atoms with E-state index in [2.05, 4.69) is 5.32 Å². The summed E-state index contributed by atoms with van der Waals surface area (Å²) < 4.78 is 13.6. The highest BCUT2D eigenvalue weighted by atomic mass is 19.1. The molecule has 1 aliphatic rings. The van der Waals surface area contributed by atoms with E-state index in [0.717, 1.165) is 6.07 Å². The Kier molecular flexibility index (Phi) is 3.81. The topological polar surface area (TPSA) is 52.6 Å². The van der Waals surface area contributed by atoms with Crippen LogP contribution in [0.4, 0.5) is 4.39 Å². The van der Waals surface area contributed by atoms with Crippen molar-refractivity contribution < 1.29 is 14.3 Å². The molecule has 2 N–H and O–H groups in total. The van der Waals surface area contributed by atoms with Crippen LogP contribution in [-0.2, 0) is 11.3 Å². The molecule has 0 aliphatic carbocycles. The van der Waals surface area contributed by atoms with Crippen molar-refractivity contribution in [3.63, 3.8) is 0 Å². The van der Waals surface area contributed by atoms with Crippen LogP contribution in [0.1, 0.15) is 18.9 Å². The molecule has 2 rings (SSSR count). The SMILES string of the molecule is CCC1C(=O)NCCN1Cc1ccc(O)cc1F. The summed E-state index contributed by atoms with van der Waals surface area (Å²) >= 11 is 0. The molecule has 0 radical (unpaired) electrons. The second-order valence-corrected chi connectivity index (χ2v) is 4.46. The number of nitrogens with zero attached hydrogens (tertiary/aromatic N) is 1. The summed E-state index contributed by atoms with van der Waals surface area (Å²) in [7, 11) is 0. The zero-order chi connectivity index (χ0) is 13.1. The first kappa shape index (κ1) is 12.8. The average Bonchev–Trinajstić information content (AvgIpc) is 2.33. The first-order valence-corrected chi connectivity index (χ1v) is 6.11. The molecule has 1 heterocycles. The van der Waals surface area contributed by atoms with E-state index in [1.807, 2.05) is 11.8 Å². The van der Waals surface area contributed by atoms with Crippen molar-refractivity contribution in [2.24, 2.45) is 0 Å². The first-order valence-electron chi connectivity index (χ1n) is 6.11. The normalized spacial score (nSPS) is 20.8. The van der Waals surface area contributed by atoms with Gasteiger partial charge < -0.3 is 10.4 Å². The summed E-state index contributed by atoms with van der Waals surface area (Å²) in [5, 5.41) is 12.0. The molecule has 0 spiro atoms. The van der Waals surface area contributed by atoms with Gasteiger partial charge in [-0.15, -0.1) is 0 Å². The number of hydrogen-bond donors (Lipinski definition) is 2. The summed E-state index contributed by atoms with van der Waals surface area (Å²) in [6.45, 7) is 3.63. The van der Waals surface area contributed by atoms with Crippen molar-refractivity contribution in [1.29, 1.82) is 0 Å². The molecule has 1 aromatic rings. The minimum absolute atomic E-state index is 0.00272. The summed E-state index contributed by atoms with van der Waals surface area (Å²) in [5.74, 6) is -0.515. The van der Waals surface area contributed by atoms with Crippen LogP contribution in [0.15, 0.2) is 18.2 Å².